The molecule has 4 heteroatoms. The largest absolute Gasteiger partial charge is 0.347 e. The minimum absolute atomic E-state index is 0.00990. The van der Waals surface area contributed by atoms with Gasteiger partial charge in [0.1, 0.15) is 0 Å². The van der Waals surface area contributed by atoms with Crippen molar-refractivity contribution in [1.82, 2.24) is 10.3 Å². The topological polar surface area (TPSA) is 42.0 Å². The molecule has 0 radical (unpaired) electrons. The number of nitrogens with zero attached hydrogens (tertiary/aromatic N) is 1. The van der Waals surface area contributed by atoms with Gasteiger partial charge < -0.3 is 5.32 Å². The fraction of sp³-hybridized carbons (Fsp3) is 0.167. The first kappa shape index (κ1) is 10.8. The molecule has 16 heavy (non-hydrogen) atoms. The molecule has 2 aromatic heterocycles. The Morgan fingerprint density at radius 3 is 2.75 bits per heavy atom. The Hall–Kier alpha value is -1.68. The fourth-order valence-corrected chi connectivity index (χ4v) is 2.21. The first-order valence-electron chi connectivity index (χ1n) is 4.98. The van der Waals surface area contributed by atoms with Crippen LogP contribution in [0.5, 0.6) is 0 Å². The Labute approximate surface area is 98.2 Å². The summed E-state index contributed by atoms with van der Waals surface area (Å²) in [6, 6.07) is 5.73. The van der Waals surface area contributed by atoms with E-state index in [1.165, 1.54) is 11.3 Å². The molecule has 1 N–H and O–H groups in total. The van der Waals surface area contributed by atoms with Gasteiger partial charge in [-0.15, -0.1) is 11.3 Å². The second-order valence-corrected chi connectivity index (χ2v) is 4.39. The van der Waals surface area contributed by atoms with Gasteiger partial charge >= 0.3 is 0 Å². The zero-order valence-corrected chi connectivity index (χ0v) is 9.75. The van der Waals surface area contributed by atoms with Crippen molar-refractivity contribution in [3.8, 4) is 0 Å². The van der Waals surface area contributed by atoms with Crippen LogP contribution in [-0.4, -0.2) is 10.9 Å². The summed E-state index contributed by atoms with van der Waals surface area (Å²) in [5.74, 6) is -0.00990. The normalized spacial score (nSPS) is 10.1. The van der Waals surface area contributed by atoms with Gasteiger partial charge in [0, 0.05) is 18.9 Å². The standard InChI is InChI=1S/C12H12N2OS/c1-9-4-7-16-11(9)12(15)14-8-10-2-5-13-6-3-10/h2-7H,8H2,1H3,(H,14,15). The highest BCUT2D eigenvalue weighted by Gasteiger charge is 2.09. The molecule has 0 unspecified atom stereocenters. The number of hydrogen-bond acceptors (Lipinski definition) is 3. The quantitative estimate of drug-likeness (QED) is 0.882. The minimum Gasteiger partial charge on any atom is -0.347 e. The summed E-state index contributed by atoms with van der Waals surface area (Å²) in [5, 5.41) is 4.81. The Morgan fingerprint density at radius 2 is 2.12 bits per heavy atom. The zero-order chi connectivity index (χ0) is 11.4. The molecule has 0 aliphatic carbocycles. The van der Waals surface area contributed by atoms with Crippen molar-refractivity contribution >= 4 is 17.2 Å². The number of hydrogen-bond donors (Lipinski definition) is 1. The second kappa shape index (κ2) is 4.90. The van der Waals surface area contributed by atoms with Crippen molar-refractivity contribution in [2.45, 2.75) is 13.5 Å². The van der Waals surface area contributed by atoms with E-state index in [0.29, 0.717) is 6.54 Å². The lowest BCUT2D eigenvalue weighted by Crippen LogP contribution is -2.22. The monoisotopic (exact) mass is 232 g/mol. The van der Waals surface area contributed by atoms with Crippen molar-refractivity contribution in [1.29, 1.82) is 0 Å². The lowest BCUT2D eigenvalue weighted by molar-refractivity contribution is 0.0954. The van der Waals surface area contributed by atoms with E-state index < -0.39 is 0 Å². The van der Waals surface area contributed by atoms with Crippen molar-refractivity contribution in [3.63, 3.8) is 0 Å². The van der Waals surface area contributed by atoms with Gasteiger partial charge in [0.15, 0.2) is 0 Å². The van der Waals surface area contributed by atoms with Crippen LogP contribution >= 0.6 is 11.3 Å². The molecular formula is C12H12N2OS. The third-order valence-electron chi connectivity index (χ3n) is 2.27. The number of carbonyl (C=O) groups is 1. The molecule has 0 aliphatic rings. The number of amides is 1. The summed E-state index contributed by atoms with van der Waals surface area (Å²) in [7, 11) is 0. The molecule has 3 nitrogen and oxygen atoms in total. The summed E-state index contributed by atoms with van der Waals surface area (Å²) < 4.78 is 0. The Bertz CT molecular complexity index is 479. The molecular weight excluding hydrogens is 220 g/mol. The molecule has 0 bridgehead atoms. The van der Waals surface area contributed by atoms with Crippen LogP contribution < -0.4 is 5.32 Å². The predicted octanol–water partition coefficient (Wildman–Crippen LogP) is 2.38. The van der Waals surface area contributed by atoms with E-state index in [0.717, 1.165) is 16.0 Å². The number of aryl methyl sites for hydroxylation is 1. The lowest BCUT2D eigenvalue weighted by Gasteiger charge is -2.04. The Morgan fingerprint density at radius 1 is 1.38 bits per heavy atom. The van der Waals surface area contributed by atoms with Crippen LogP contribution in [-0.2, 0) is 6.54 Å². The highest BCUT2D eigenvalue weighted by Crippen LogP contribution is 2.15. The highest BCUT2D eigenvalue weighted by molar-refractivity contribution is 7.12. The second-order valence-electron chi connectivity index (χ2n) is 3.47. The first-order chi connectivity index (χ1) is 7.77. The van der Waals surface area contributed by atoms with E-state index in [4.69, 9.17) is 0 Å². The summed E-state index contributed by atoms with van der Waals surface area (Å²) >= 11 is 1.47. The minimum atomic E-state index is -0.00990. The van der Waals surface area contributed by atoms with E-state index in [2.05, 4.69) is 10.3 Å². The summed E-state index contributed by atoms with van der Waals surface area (Å²) in [4.78, 5) is 16.5. The van der Waals surface area contributed by atoms with Gasteiger partial charge in [0.25, 0.3) is 5.91 Å². The highest BCUT2D eigenvalue weighted by atomic mass is 32.1. The molecule has 0 fully saturated rings. The average Bonchev–Trinajstić information content (AvgIpc) is 2.74. The number of pyridine rings is 1. The smallest absolute Gasteiger partial charge is 0.261 e. The molecule has 0 saturated heterocycles. The van der Waals surface area contributed by atoms with Gasteiger partial charge in [-0.3, -0.25) is 9.78 Å². The first-order valence-corrected chi connectivity index (χ1v) is 5.86. The number of rotatable bonds is 3. The molecule has 0 aromatic carbocycles. The van der Waals surface area contributed by atoms with Crippen molar-refractivity contribution < 1.29 is 4.79 Å². The van der Waals surface area contributed by atoms with Crippen LogP contribution in [0.25, 0.3) is 0 Å². The van der Waals surface area contributed by atoms with Gasteiger partial charge in [0.2, 0.25) is 0 Å². The van der Waals surface area contributed by atoms with Gasteiger partial charge in [-0.05, 0) is 41.6 Å². The van der Waals surface area contributed by atoms with E-state index in [9.17, 15) is 4.79 Å². The Kier molecular flexibility index (Phi) is 3.31. The predicted molar refractivity (Wildman–Crippen MR) is 64.5 cm³/mol. The van der Waals surface area contributed by atoms with E-state index in [-0.39, 0.29) is 5.91 Å². The maximum Gasteiger partial charge on any atom is 0.261 e. The molecule has 2 rings (SSSR count). The average molecular weight is 232 g/mol. The summed E-state index contributed by atoms with van der Waals surface area (Å²) in [6.45, 7) is 2.48. The van der Waals surface area contributed by atoms with E-state index in [1.54, 1.807) is 12.4 Å². The van der Waals surface area contributed by atoms with Crippen molar-refractivity contribution in [2.24, 2.45) is 0 Å². The molecule has 0 atom stereocenters. The SMILES string of the molecule is Cc1ccsc1C(=O)NCc1ccncc1. The maximum absolute atomic E-state index is 11.8. The Balaban J connectivity index is 1.97. The van der Waals surface area contributed by atoms with Crippen molar-refractivity contribution in [2.75, 3.05) is 0 Å². The zero-order valence-electron chi connectivity index (χ0n) is 8.93. The van der Waals surface area contributed by atoms with Crippen LogP contribution in [0.2, 0.25) is 0 Å². The van der Waals surface area contributed by atoms with Gasteiger partial charge in [-0.25, -0.2) is 0 Å². The third kappa shape index (κ3) is 2.46. The van der Waals surface area contributed by atoms with Crippen LogP contribution in [0, 0.1) is 6.92 Å². The molecule has 1 amide bonds. The molecule has 82 valence electrons. The summed E-state index contributed by atoms with van der Waals surface area (Å²) in [6.07, 6.45) is 3.44. The van der Waals surface area contributed by atoms with Crippen molar-refractivity contribution in [3.05, 3.63) is 52.0 Å². The summed E-state index contributed by atoms with van der Waals surface area (Å²) in [5.41, 5.74) is 2.08. The maximum atomic E-state index is 11.8. The van der Waals surface area contributed by atoms with Gasteiger partial charge in [0.05, 0.1) is 4.88 Å². The number of thiophene rings is 1. The number of carbonyl (C=O) groups excluding carboxylic acids is 1. The van der Waals surface area contributed by atoms with Gasteiger partial charge in [-0.1, -0.05) is 0 Å². The van der Waals surface area contributed by atoms with E-state index >= 15 is 0 Å². The molecule has 0 saturated carbocycles. The van der Waals surface area contributed by atoms with Crippen LogP contribution in [0.3, 0.4) is 0 Å². The molecule has 0 aliphatic heterocycles. The third-order valence-corrected chi connectivity index (χ3v) is 3.29. The number of nitrogens with one attached hydrogen (secondary N) is 1. The van der Waals surface area contributed by atoms with Crippen LogP contribution in [0.15, 0.2) is 36.0 Å². The lowest BCUT2D eigenvalue weighted by atomic mass is 10.2. The molecule has 2 aromatic rings. The number of aromatic nitrogens is 1. The van der Waals surface area contributed by atoms with Crippen LogP contribution in [0.4, 0.5) is 0 Å². The van der Waals surface area contributed by atoms with Crippen LogP contribution in [0.1, 0.15) is 20.8 Å². The van der Waals surface area contributed by atoms with Gasteiger partial charge in [-0.2, -0.15) is 0 Å². The molecule has 2 heterocycles. The molecule has 0 spiro atoms. The van der Waals surface area contributed by atoms with E-state index in [1.807, 2.05) is 30.5 Å². The fourth-order valence-electron chi connectivity index (χ4n) is 1.37.